The minimum atomic E-state index is 0.186. The maximum Gasteiger partial charge on any atom is 0.119 e. The van der Waals surface area contributed by atoms with Crippen molar-refractivity contribution in [1.29, 1.82) is 0 Å². The van der Waals surface area contributed by atoms with Crippen LogP contribution < -0.4 is 4.74 Å². The number of rotatable bonds is 4. The number of likely N-dealkylation sites (N-methyl/N-ethyl adjacent to an activating group) is 1. The zero-order valence-corrected chi connectivity index (χ0v) is 13.2. The fraction of sp³-hybridized carbons (Fsp3) is 0.647. The van der Waals surface area contributed by atoms with Gasteiger partial charge in [0.15, 0.2) is 0 Å². The Balaban J connectivity index is 1.85. The summed E-state index contributed by atoms with van der Waals surface area (Å²) in [5.74, 6) is 0.926. The predicted octanol–water partition coefficient (Wildman–Crippen LogP) is 3.08. The lowest BCUT2D eigenvalue weighted by Gasteiger charge is -2.31. The quantitative estimate of drug-likeness (QED) is 0.844. The highest BCUT2D eigenvalue weighted by Gasteiger charge is 2.20. The van der Waals surface area contributed by atoms with Gasteiger partial charge in [0, 0.05) is 13.1 Å². The molecule has 1 atom stereocenters. The van der Waals surface area contributed by atoms with Crippen LogP contribution in [0.1, 0.15) is 33.3 Å². The Hall–Kier alpha value is -1.06. The first-order chi connectivity index (χ1) is 9.49. The molecule has 1 aromatic rings. The molecule has 1 aromatic carbocycles. The molecule has 3 heteroatoms. The van der Waals surface area contributed by atoms with Gasteiger partial charge in [-0.1, -0.05) is 39.8 Å². The molecule has 1 saturated heterocycles. The molecule has 0 spiro atoms. The van der Waals surface area contributed by atoms with E-state index < -0.39 is 0 Å². The van der Waals surface area contributed by atoms with Crippen molar-refractivity contribution in [3.05, 3.63) is 29.8 Å². The average Bonchev–Trinajstić information content (AvgIpc) is 2.45. The highest BCUT2D eigenvalue weighted by atomic mass is 16.5. The second kappa shape index (κ2) is 6.59. The zero-order valence-electron chi connectivity index (χ0n) is 13.2. The lowest BCUT2D eigenvalue weighted by atomic mass is 9.87. The minimum Gasteiger partial charge on any atom is -0.491 e. The summed E-state index contributed by atoms with van der Waals surface area (Å²) in [6.07, 6.45) is 0.186. The third-order valence-electron chi connectivity index (χ3n) is 3.83. The molecule has 1 aliphatic heterocycles. The van der Waals surface area contributed by atoms with E-state index in [-0.39, 0.29) is 11.5 Å². The highest BCUT2D eigenvalue weighted by molar-refractivity contribution is 5.31. The van der Waals surface area contributed by atoms with E-state index in [4.69, 9.17) is 9.47 Å². The van der Waals surface area contributed by atoms with Gasteiger partial charge in [-0.2, -0.15) is 0 Å². The fourth-order valence-electron chi connectivity index (χ4n) is 2.41. The van der Waals surface area contributed by atoms with Crippen LogP contribution in [0.5, 0.6) is 5.75 Å². The van der Waals surface area contributed by atoms with Gasteiger partial charge in [0.2, 0.25) is 0 Å². The molecule has 20 heavy (non-hydrogen) atoms. The molecule has 1 heterocycles. The van der Waals surface area contributed by atoms with Gasteiger partial charge in [0.25, 0.3) is 0 Å². The van der Waals surface area contributed by atoms with E-state index in [9.17, 15) is 0 Å². The predicted molar refractivity (Wildman–Crippen MR) is 82.5 cm³/mol. The van der Waals surface area contributed by atoms with Gasteiger partial charge >= 0.3 is 0 Å². The van der Waals surface area contributed by atoms with Crippen molar-refractivity contribution in [1.82, 2.24) is 4.90 Å². The van der Waals surface area contributed by atoms with Crippen LogP contribution >= 0.6 is 0 Å². The summed E-state index contributed by atoms with van der Waals surface area (Å²) < 4.78 is 11.6. The second-order valence-corrected chi connectivity index (χ2v) is 6.47. The van der Waals surface area contributed by atoms with Crippen molar-refractivity contribution in [3.8, 4) is 5.75 Å². The summed E-state index contributed by atoms with van der Waals surface area (Å²) >= 11 is 0. The summed E-state index contributed by atoms with van der Waals surface area (Å²) in [6.45, 7) is 13.4. The first-order valence-electron chi connectivity index (χ1n) is 7.56. The number of ether oxygens (including phenoxy) is 2. The maximum absolute atomic E-state index is 5.85. The summed E-state index contributed by atoms with van der Waals surface area (Å²) in [5, 5.41) is 0. The van der Waals surface area contributed by atoms with Crippen molar-refractivity contribution in [3.63, 3.8) is 0 Å². The third kappa shape index (κ3) is 4.22. The van der Waals surface area contributed by atoms with Crippen molar-refractivity contribution >= 4 is 0 Å². The molecule has 2 rings (SSSR count). The SMILES string of the molecule is CCN1CCOC(COc2ccc(C(C)(C)C)cc2)C1. The molecule has 0 saturated carbocycles. The number of morpholine rings is 1. The van der Waals surface area contributed by atoms with E-state index in [1.54, 1.807) is 0 Å². The summed E-state index contributed by atoms with van der Waals surface area (Å²) in [4.78, 5) is 2.40. The van der Waals surface area contributed by atoms with Crippen LogP contribution in [-0.4, -0.2) is 43.9 Å². The Morgan fingerprint density at radius 3 is 2.55 bits per heavy atom. The van der Waals surface area contributed by atoms with Gasteiger partial charge < -0.3 is 9.47 Å². The minimum absolute atomic E-state index is 0.186. The number of benzene rings is 1. The van der Waals surface area contributed by atoms with Gasteiger partial charge in [-0.15, -0.1) is 0 Å². The number of hydrogen-bond acceptors (Lipinski definition) is 3. The highest BCUT2D eigenvalue weighted by Crippen LogP contribution is 2.24. The number of hydrogen-bond donors (Lipinski definition) is 0. The topological polar surface area (TPSA) is 21.7 Å². The molecule has 1 aliphatic rings. The summed E-state index contributed by atoms with van der Waals surface area (Å²) in [7, 11) is 0. The van der Waals surface area contributed by atoms with E-state index in [0.717, 1.165) is 32.0 Å². The third-order valence-corrected chi connectivity index (χ3v) is 3.83. The van der Waals surface area contributed by atoms with Crippen molar-refractivity contribution in [2.75, 3.05) is 32.8 Å². The standard InChI is InChI=1S/C17H27NO2/c1-5-18-10-11-19-16(12-18)13-20-15-8-6-14(7-9-15)17(2,3)4/h6-9,16H,5,10-13H2,1-4H3. The average molecular weight is 277 g/mol. The molecule has 0 bridgehead atoms. The van der Waals surface area contributed by atoms with Crippen molar-refractivity contribution in [2.24, 2.45) is 0 Å². The summed E-state index contributed by atoms with van der Waals surface area (Å²) in [5.41, 5.74) is 1.52. The maximum atomic E-state index is 5.85. The molecule has 0 N–H and O–H groups in total. The van der Waals surface area contributed by atoms with E-state index >= 15 is 0 Å². The van der Waals surface area contributed by atoms with E-state index in [1.807, 2.05) is 0 Å². The Labute approximate surface area is 122 Å². The van der Waals surface area contributed by atoms with Crippen molar-refractivity contribution < 1.29 is 9.47 Å². The van der Waals surface area contributed by atoms with E-state index in [2.05, 4.69) is 56.9 Å². The van der Waals surface area contributed by atoms with Crippen LogP contribution in [0.2, 0.25) is 0 Å². The first-order valence-corrected chi connectivity index (χ1v) is 7.56. The molecule has 0 aliphatic carbocycles. The fourth-order valence-corrected chi connectivity index (χ4v) is 2.41. The van der Waals surface area contributed by atoms with Gasteiger partial charge in [-0.3, -0.25) is 4.90 Å². The molecule has 0 radical (unpaired) electrons. The molecule has 0 amide bonds. The lowest BCUT2D eigenvalue weighted by Crippen LogP contribution is -2.44. The Morgan fingerprint density at radius 1 is 1.25 bits per heavy atom. The van der Waals surface area contributed by atoms with Crippen LogP contribution in [0.3, 0.4) is 0 Å². The first kappa shape index (κ1) is 15.3. The zero-order chi connectivity index (χ0) is 14.6. The lowest BCUT2D eigenvalue weighted by molar-refractivity contribution is -0.0464. The van der Waals surface area contributed by atoms with Crippen molar-refractivity contribution in [2.45, 2.75) is 39.2 Å². The summed E-state index contributed by atoms with van der Waals surface area (Å²) in [6, 6.07) is 8.41. The Bertz CT molecular complexity index is 408. The van der Waals surface area contributed by atoms with Crippen LogP contribution in [0.4, 0.5) is 0 Å². The molecular formula is C17H27NO2. The van der Waals surface area contributed by atoms with Gasteiger partial charge in [0.05, 0.1) is 6.61 Å². The molecule has 1 fully saturated rings. The molecule has 0 aromatic heterocycles. The largest absolute Gasteiger partial charge is 0.491 e. The van der Waals surface area contributed by atoms with Gasteiger partial charge in [0.1, 0.15) is 18.5 Å². The second-order valence-electron chi connectivity index (χ2n) is 6.47. The normalized spacial score (nSPS) is 20.9. The van der Waals surface area contributed by atoms with Gasteiger partial charge in [-0.05, 0) is 29.7 Å². The van der Waals surface area contributed by atoms with E-state index in [0.29, 0.717) is 6.61 Å². The van der Waals surface area contributed by atoms with Crippen LogP contribution in [0.25, 0.3) is 0 Å². The molecule has 112 valence electrons. The molecular weight excluding hydrogens is 250 g/mol. The number of nitrogens with zero attached hydrogens (tertiary/aromatic N) is 1. The van der Waals surface area contributed by atoms with Crippen LogP contribution in [0.15, 0.2) is 24.3 Å². The molecule has 3 nitrogen and oxygen atoms in total. The smallest absolute Gasteiger partial charge is 0.119 e. The van der Waals surface area contributed by atoms with Gasteiger partial charge in [-0.25, -0.2) is 0 Å². The van der Waals surface area contributed by atoms with Crippen LogP contribution in [-0.2, 0) is 10.2 Å². The Morgan fingerprint density at radius 2 is 1.95 bits per heavy atom. The molecule has 1 unspecified atom stereocenters. The monoisotopic (exact) mass is 277 g/mol. The van der Waals surface area contributed by atoms with Crippen LogP contribution in [0, 0.1) is 0 Å². The Kier molecular flexibility index (Phi) is 5.06. The van der Waals surface area contributed by atoms with E-state index in [1.165, 1.54) is 5.56 Å².